The zero-order valence-electron chi connectivity index (χ0n) is 12.5. The Kier molecular flexibility index (Phi) is 5.18. The highest BCUT2D eigenvalue weighted by Gasteiger charge is 2.51. The van der Waals surface area contributed by atoms with Crippen LogP contribution in [0.1, 0.15) is 35.9 Å². The molecule has 0 spiro atoms. The van der Waals surface area contributed by atoms with Crippen molar-refractivity contribution in [3.8, 4) is 0 Å². The van der Waals surface area contributed by atoms with Crippen LogP contribution in [0.2, 0.25) is 0 Å². The molecule has 1 heterocycles. The normalized spacial score (nSPS) is 23.3. The topological polar surface area (TPSA) is 66.8 Å². The first-order chi connectivity index (χ1) is 10.7. The second-order valence-electron chi connectivity index (χ2n) is 5.64. The van der Waals surface area contributed by atoms with E-state index in [1.807, 2.05) is 0 Å². The van der Waals surface area contributed by atoms with Gasteiger partial charge in [0.05, 0.1) is 11.6 Å². The molecule has 1 fully saturated rings. The molecule has 0 saturated carbocycles. The summed E-state index contributed by atoms with van der Waals surface area (Å²) in [6, 6.07) is 4.99. The molecule has 2 rings (SSSR count). The van der Waals surface area contributed by atoms with Gasteiger partial charge < -0.3 is 14.7 Å². The van der Waals surface area contributed by atoms with Gasteiger partial charge in [0, 0.05) is 0 Å². The van der Waals surface area contributed by atoms with Gasteiger partial charge in [-0.3, -0.25) is 4.79 Å². The molecule has 1 aliphatic heterocycles. The van der Waals surface area contributed by atoms with Gasteiger partial charge in [0.2, 0.25) is 0 Å². The van der Waals surface area contributed by atoms with Crippen molar-refractivity contribution < 1.29 is 23.8 Å². The lowest BCUT2D eigenvalue weighted by Gasteiger charge is -2.33. The van der Waals surface area contributed by atoms with Crippen molar-refractivity contribution in [3.63, 3.8) is 0 Å². The molecule has 1 aromatic rings. The Bertz CT molecular complexity index is 606. The summed E-state index contributed by atoms with van der Waals surface area (Å²) in [5.74, 6) is -1.69. The molecular formula is C15H16Cl2FNO4. The number of aromatic carboxylic acids is 1. The van der Waals surface area contributed by atoms with Gasteiger partial charge in [-0.2, -0.15) is 0 Å². The van der Waals surface area contributed by atoms with E-state index >= 15 is 0 Å². The second kappa shape index (κ2) is 6.63. The molecule has 2 atom stereocenters. The molecule has 1 aromatic carbocycles. The lowest BCUT2D eigenvalue weighted by atomic mass is 10.0. The predicted octanol–water partition coefficient (Wildman–Crippen LogP) is 3.16. The van der Waals surface area contributed by atoms with Crippen LogP contribution in [-0.2, 0) is 9.53 Å². The molecule has 0 aromatic heterocycles. The van der Waals surface area contributed by atoms with Crippen LogP contribution in [-0.4, -0.2) is 45.2 Å². The number of halogens is 3. The summed E-state index contributed by atoms with van der Waals surface area (Å²) in [5.41, 5.74) is -0.412. The van der Waals surface area contributed by atoms with Gasteiger partial charge in [-0.05, 0) is 31.5 Å². The fourth-order valence-corrected chi connectivity index (χ4v) is 2.98. The third-order valence-corrected chi connectivity index (χ3v) is 4.12. The number of hydrogen-bond acceptors (Lipinski definition) is 3. The number of ether oxygens (including phenoxy) is 1. The van der Waals surface area contributed by atoms with E-state index in [1.54, 1.807) is 26.0 Å². The molecule has 1 amide bonds. The fourth-order valence-electron chi connectivity index (χ4n) is 2.77. The summed E-state index contributed by atoms with van der Waals surface area (Å²) in [6.45, 7) is 2.39. The van der Waals surface area contributed by atoms with E-state index < -0.39 is 41.3 Å². The summed E-state index contributed by atoms with van der Waals surface area (Å²) < 4.78 is 19.4. The minimum atomic E-state index is -1.32. The van der Waals surface area contributed by atoms with Crippen molar-refractivity contribution >= 4 is 35.1 Å². The van der Waals surface area contributed by atoms with Crippen LogP contribution in [0, 0.1) is 0 Å². The van der Waals surface area contributed by atoms with Crippen LogP contribution in [0.25, 0.3) is 0 Å². The van der Waals surface area contributed by atoms with Crippen LogP contribution in [0.4, 0.5) is 4.39 Å². The third-order valence-electron chi connectivity index (χ3n) is 3.75. The minimum absolute atomic E-state index is 0.109. The molecule has 126 valence electrons. The number of carboxylic acid groups (broad SMARTS) is 1. The quantitative estimate of drug-likeness (QED) is 0.834. The highest BCUT2D eigenvalue weighted by atomic mass is 35.5. The summed E-state index contributed by atoms with van der Waals surface area (Å²) in [6.07, 6.45) is -0.742. The number of benzene rings is 1. The standard InChI is InChI=1S/C15H16Cl2FNO4/c1-15(2)19(13(20)12(16)17)10(7-18)11(23-15)8-3-5-9(6-4-8)14(21)22/h3-6,10-12H,7H2,1-2H3,(H,21,22)/t10-,11-/m1/s1. The third kappa shape index (κ3) is 3.44. The smallest absolute Gasteiger partial charge is 0.335 e. The number of carbonyl (C=O) groups excluding carboxylic acids is 1. The molecule has 23 heavy (non-hydrogen) atoms. The van der Waals surface area contributed by atoms with Gasteiger partial charge in [0.15, 0.2) is 4.84 Å². The van der Waals surface area contributed by atoms with Crippen LogP contribution in [0.15, 0.2) is 24.3 Å². The Labute approximate surface area is 142 Å². The van der Waals surface area contributed by atoms with Crippen molar-refractivity contribution in [2.45, 2.75) is 36.6 Å². The van der Waals surface area contributed by atoms with Gasteiger partial charge in [-0.1, -0.05) is 35.3 Å². The first-order valence-electron chi connectivity index (χ1n) is 6.87. The van der Waals surface area contributed by atoms with E-state index in [0.717, 1.165) is 0 Å². The molecule has 1 saturated heterocycles. The molecule has 0 aliphatic carbocycles. The molecule has 1 N–H and O–H groups in total. The van der Waals surface area contributed by atoms with E-state index in [0.29, 0.717) is 5.56 Å². The number of nitrogens with zero attached hydrogens (tertiary/aromatic N) is 1. The van der Waals surface area contributed by atoms with Crippen LogP contribution in [0.3, 0.4) is 0 Å². The van der Waals surface area contributed by atoms with Crippen molar-refractivity contribution in [1.29, 1.82) is 0 Å². The minimum Gasteiger partial charge on any atom is -0.478 e. The Hall–Kier alpha value is -1.37. The number of alkyl halides is 3. The molecule has 5 nitrogen and oxygen atoms in total. The molecular weight excluding hydrogens is 348 g/mol. The van der Waals surface area contributed by atoms with Gasteiger partial charge in [-0.15, -0.1) is 0 Å². The van der Waals surface area contributed by atoms with Crippen LogP contribution in [0.5, 0.6) is 0 Å². The van der Waals surface area contributed by atoms with E-state index in [4.69, 9.17) is 33.0 Å². The summed E-state index contributed by atoms with van der Waals surface area (Å²) in [5, 5.41) is 8.92. The molecule has 0 unspecified atom stereocenters. The van der Waals surface area contributed by atoms with E-state index in [1.165, 1.54) is 17.0 Å². The lowest BCUT2D eigenvalue weighted by Crippen LogP contribution is -2.50. The highest BCUT2D eigenvalue weighted by molar-refractivity contribution is 6.53. The Balaban J connectivity index is 2.36. The maximum Gasteiger partial charge on any atom is 0.335 e. The maximum absolute atomic E-state index is 13.6. The van der Waals surface area contributed by atoms with Crippen molar-refractivity contribution in [1.82, 2.24) is 4.90 Å². The average molecular weight is 364 g/mol. The number of carbonyl (C=O) groups is 2. The Morgan fingerprint density at radius 3 is 2.35 bits per heavy atom. The molecule has 8 heteroatoms. The van der Waals surface area contributed by atoms with E-state index in [9.17, 15) is 14.0 Å². The number of amides is 1. The van der Waals surface area contributed by atoms with Gasteiger partial charge in [0.1, 0.15) is 18.5 Å². The SMILES string of the molecule is CC1(C)O[C@H](c2ccc(C(=O)O)cc2)[C@@H](CF)N1C(=O)C(Cl)Cl. The van der Waals surface area contributed by atoms with Gasteiger partial charge in [-0.25, -0.2) is 9.18 Å². The monoisotopic (exact) mass is 363 g/mol. The summed E-state index contributed by atoms with van der Waals surface area (Å²) >= 11 is 11.3. The molecule has 1 aliphatic rings. The number of hydrogen-bond donors (Lipinski definition) is 1. The summed E-state index contributed by atoms with van der Waals surface area (Å²) in [7, 11) is 0. The zero-order valence-corrected chi connectivity index (χ0v) is 14.0. The largest absolute Gasteiger partial charge is 0.478 e. The highest BCUT2D eigenvalue weighted by Crippen LogP contribution is 2.42. The summed E-state index contributed by atoms with van der Waals surface area (Å²) in [4.78, 5) is 23.0. The zero-order chi connectivity index (χ0) is 17.4. The second-order valence-corrected chi connectivity index (χ2v) is 6.74. The first kappa shape index (κ1) is 18.0. The lowest BCUT2D eigenvalue weighted by molar-refractivity contribution is -0.145. The molecule has 0 bridgehead atoms. The maximum atomic E-state index is 13.6. The van der Waals surface area contributed by atoms with Crippen LogP contribution < -0.4 is 0 Å². The van der Waals surface area contributed by atoms with Crippen molar-refractivity contribution in [2.75, 3.05) is 6.67 Å². The molecule has 0 radical (unpaired) electrons. The Morgan fingerprint density at radius 2 is 1.91 bits per heavy atom. The van der Waals surface area contributed by atoms with Crippen LogP contribution >= 0.6 is 23.2 Å². The van der Waals surface area contributed by atoms with Crippen molar-refractivity contribution in [2.24, 2.45) is 0 Å². The fraction of sp³-hybridized carbons (Fsp3) is 0.467. The number of rotatable bonds is 4. The van der Waals surface area contributed by atoms with Gasteiger partial charge >= 0.3 is 5.97 Å². The Morgan fingerprint density at radius 1 is 1.35 bits per heavy atom. The van der Waals surface area contributed by atoms with E-state index in [2.05, 4.69) is 0 Å². The predicted molar refractivity (Wildman–Crippen MR) is 83.4 cm³/mol. The van der Waals surface area contributed by atoms with Crippen molar-refractivity contribution in [3.05, 3.63) is 35.4 Å². The first-order valence-corrected chi connectivity index (χ1v) is 7.74. The van der Waals surface area contributed by atoms with Gasteiger partial charge in [0.25, 0.3) is 5.91 Å². The van der Waals surface area contributed by atoms with E-state index in [-0.39, 0.29) is 5.56 Å². The average Bonchev–Trinajstić information content (AvgIpc) is 2.77. The number of carboxylic acids is 1.